The third-order valence-corrected chi connectivity index (χ3v) is 3.03. The Morgan fingerprint density at radius 1 is 1.21 bits per heavy atom. The summed E-state index contributed by atoms with van der Waals surface area (Å²) in [5.74, 6) is -0.736. The normalized spacial score (nSPS) is 10.7. The lowest BCUT2D eigenvalue weighted by atomic mass is 10.1. The summed E-state index contributed by atoms with van der Waals surface area (Å²) in [5, 5.41) is 13.0. The van der Waals surface area contributed by atoms with Gasteiger partial charge in [-0.25, -0.2) is 0 Å². The van der Waals surface area contributed by atoms with Crippen LogP contribution < -0.4 is 5.32 Å². The van der Waals surface area contributed by atoms with E-state index >= 15 is 0 Å². The topological polar surface area (TPSA) is 62.2 Å². The number of carboxylic acid groups (broad SMARTS) is 1. The van der Waals surface area contributed by atoms with Crippen molar-refractivity contribution in [3.05, 3.63) is 42.1 Å². The fourth-order valence-corrected chi connectivity index (χ4v) is 2.08. The van der Waals surface area contributed by atoms with Crippen LogP contribution in [0.2, 0.25) is 0 Å². The summed E-state index contributed by atoms with van der Waals surface area (Å²) in [6.45, 7) is 1.58. The smallest absolute Gasteiger partial charge is 0.303 e. The Bertz CT molecular complexity index is 549. The number of aromatic nitrogens is 1. The Labute approximate surface area is 112 Å². The molecule has 0 saturated heterocycles. The lowest BCUT2D eigenvalue weighted by molar-refractivity contribution is -0.137. The highest BCUT2D eigenvalue weighted by Crippen LogP contribution is 2.15. The zero-order valence-corrected chi connectivity index (χ0v) is 10.8. The van der Waals surface area contributed by atoms with E-state index in [4.69, 9.17) is 5.11 Å². The molecule has 0 radical (unpaired) electrons. The van der Waals surface area contributed by atoms with E-state index in [9.17, 15) is 4.79 Å². The van der Waals surface area contributed by atoms with Gasteiger partial charge in [-0.05, 0) is 37.6 Å². The number of para-hydroxylation sites is 1. The molecule has 1 heterocycles. The highest BCUT2D eigenvalue weighted by atomic mass is 16.4. The number of nitrogens with zero attached hydrogens (tertiary/aromatic N) is 1. The minimum absolute atomic E-state index is 0.225. The molecule has 0 fully saturated rings. The number of benzene rings is 1. The lowest BCUT2D eigenvalue weighted by Crippen LogP contribution is -2.19. The zero-order valence-electron chi connectivity index (χ0n) is 10.8. The van der Waals surface area contributed by atoms with Gasteiger partial charge in [0.1, 0.15) is 0 Å². The summed E-state index contributed by atoms with van der Waals surface area (Å²) in [4.78, 5) is 14.8. The molecule has 0 aliphatic rings. The third-order valence-electron chi connectivity index (χ3n) is 3.03. The van der Waals surface area contributed by atoms with Crippen molar-refractivity contribution in [3.63, 3.8) is 0 Å². The molecule has 0 atom stereocenters. The molecule has 2 N–H and O–H groups in total. The molecule has 0 saturated carbocycles. The number of hydrogen-bond acceptors (Lipinski definition) is 3. The van der Waals surface area contributed by atoms with Gasteiger partial charge in [-0.1, -0.05) is 24.3 Å². The first kappa shape index (κ1) is 13.5. The van der Waals surface area contributed by atoms with Crippen LogP contribution in [0.5, 0.6) is 0 Å². The van der Waals surface area contributed by atoms with Crippen molar-refractivity contribution in [3.8, 4) is 0 Å². The molecule has 0 bridgehead atoms. The summed E-state index contributed by atoms with van der Waals surface area (Å²) in [5.41, 5.74) is 2.28. The molecule has 2 aromatic rings. The highest BCUT2D eigenvalue weighted by Gasteiger charge is 2.01. The maximum Gasteiger partial charge on any atom is 0.303 e. The number of carboxylic acids is 1. The van der Waals surface area contributed by atoms with E-state index in [2.05, 4.69) is 28.5 Å². The summed E-state index contributed by atoms with van der Waals surface area (Å²) < 4.78 is 0. The van der Waals surface area contributed by atoms with E-state index in [1.54, 1.807) is 0 Å². The van der Waals surface area contributed by atoms with Gasteiger partial charge in [0, 0.05) is 18.0 Å². The molecule has 4 nitrogen and oxygen atoms in total. The first-order valence-electron chi connectivity index (χ1n) is 6.52. The molecule has 0 unspecified atom stereocenters. The van der Waals surface area contributed by atoms with Crippen LogP contribution in [0, 0.1) is 0 Å². The molecular formula is C15H18N2O2. The summed E-state index contributed by atoms with van der Waals surface area (Å²) in [6, 6.07) is 10.2. The van der Waals surface area contributed by atoms with Crippen LogP contribution in [0.4, 0.5) is 0 Å². The third kappa shape index (κ3) is 4.03. The van der Waals surface area contributed by atoms with Gasteiger partial charge in [-0.2, -0.15) is 0 Å². The van der Waals surface area contributed by atoms with Crippen molar-refractivity contribution in [2.75, 3.05) is 13.1 Å². The summed E-state index contributed by atoms with van der Waals surface area (Å²) in [7, 11) is 0. The highest BCUT2D eigenvalue weighted by molar-refractivity contribution is 5.81. The fourth-order valence-electron chi connectivity index (χ4n) is 2.08. The van der Waals surface area contributed by atoms with Gasteiger partial charge in [0.15, 0.2) is 0 Å². The Balaban J connectivity index is 1.83. The van der Waals surface area contributed by atoms with Crippen molar-refractivity contribution in [1.82, 2.24) is 10.3 Å². The van der Waals surface area contributed by atoms with E-state index in [-0.39, 0.29) is 6.42 Å². The molecule has 0 amide bonds. The van der Waals surface area contributed by atoms with Crippen LogP contribution in [-0.4, -0.2) is 29.1 Å². The van der Waals surface area contributed by atoms with Gasteiger partial charge in [0.05, 0.1) is 5.52 Å². The maximum absolute atomic E-state index is 10.4. The average molecular weight is 258 g/mol. The first-order valence-corrected chi connectivity index (χ1v) is 6.52. The minimum Gasteiger partial charge on any atom is -0.481 e. The predicted molar refractivity (Wildman–Crippen MR) is 75.2 cm³/mol. The van der Waals surface area contributed by atoms with Gasteiger partial charge in [0.25, 0.3) is 0 Å². The van der Waals surface area contributed by atoms with Gasteiger partial charge >= 0.3 is 5.97 Å². The SMILES string of the molecule is O=C(O)CCCNCCc1cccc2cccnc12. The molecule has 100 valence electrons. The zero-order chi connectivity index (χ0) is 13.5. The number of aliphatic carboxylic acids is 1. The standard InChI is InChI=1S/C15H18N2O2/c18-14(19)7-3-9-16-11-8-13-5-1-4-12-6-2-10-17-15(12)13/h1-2,4-6,10,16H,3,7-9,11H2,(H,18,19). The molecule has 2 rings (SSSR count). The quantitative estimate of drug-likeness (QED) is 0.748. The number of rotatable bonds is 7. The van der Waals surface area contributed by atoms with Gasteiger partial charge < -0.3 is 10.4 Å². The van der Waals surface area contributed by atoms with E-state index in [1.807, 2.05) is 18.3 Å². The predicted octanol–water partition coefficient (Wildman–Crippen LogP) is 2.23. The number of pyridine rings is 1. The van der Waals surface area contributed by atoms with E-state index in [0.29, 0.717) is 6.42 Å². The van der Waals surface area contributed by atoms with Crippen molar-refractivity contribution in [2.24, 2.45) is 0 Å². The number of carbonyl (C=O) groups is 1. The minimum atomic E-state index is -0.736. The van der Waals surface area contributed by atoms with Crippen LogP contribution >= 0.6 is 0 Å². The van der Waals surface area contributed by atoms with Gasteiger partial charge in [-0.3, -0.25) is 9.78 Å². The molecule has 19 heavy (non-hydrogen) atoms. The van der Waals surface area contributed by atoms with Gasteiger partial charge in [-0.15, -0.1) is 0 Å². The van der Waals surface area contributed by atoms with Crippen LogP contribution in [0.1, 0.15) is 18.4 Å². The number of nitrogens with one attached hydrogen (secondary N) is 1. The molecule has 0 aliphatic heterocycles. The molecule has 4 heteroatoms. The Morgan fingerprint density at radius 3 is 2.89 bits per heavy atom. The van der Waals surface area contributed by atoms with Crippen molar-refractivity contribution < 1.29 is 9.90 Å². The maximum atomic E-state index is 10.4. The van der Waals surface area contributed by atoms with Crippen molar-refractivity contribution >= 4 is 16.9 Å². The molecular weight excluding hydrogens is 240 g/mol. The number of hydrogen-bond donors (Lipinski definition) is 2. The van der Waals surface area contributed by atoms with E-state index in [0.717, 1.165) is 30.4 Å². The second-order valence-corrected chi connectivity index (χ2v) is 4.49. The van der Waals surface area contributed by atoms with E-state index < -0.39 is 5.97 Å². The second-order valence-electron chi connectivity index (χ2n) is 4.49. The van der Waals surface area contributed by atoms with Crippen molar-refractivity contribution in [1.29, 1.82) is 0 Å². The van der Waals surface area contributed by atoms with Crippen molar-refractivity contribution in [2.45, 2.75) is 19.3 Å². The van der Waals surface area contributed by atoms with Crippen LogP contribution in [0.15, 0.2) is 36.5 Å². The fraction of sp³-hybridized carbons (Fsp3) is 0.333. The molecule has 0 spiro atoms. The van der Waals surface area contributed by atoms with Crippen LogP contribution in [0.3, 0.4) is 0 Å². The number of fused-ring (bicyclic) bond motifs is 1. The van der Waals surface area contributed by atoms with Gasteiger partial charge in [0.2, 0.25) is 0 Å². The first-order chi connectivity index (χ1) is 9.27. The average Bonchev–Trinajstić information content (AvgIpc) is 2.42. The molecule has 1 aromatic heterocycles. The Kier molecular flexibility index (Phi) is 4.86. The summed E-state index contributed by atoms with van der Waals surface area (Å²) in [6.07, 6.45) is 3.61. The second kappa shape index (κ2) is 6.85. The van der Waals surface area contributed by atoms with Crippen LogP contribution in [0.25, 0.3) is 10.9 Å². The largest absolute Gasteiger partial charge is 0.481 e. The Hall–Kier alpha value is -1.94. The van der Waals surface area contributed by atoms with Crippen LogP contribution in [-0.2, 0) is 11.2 Å². The monoisotopic (exact) mass is 258 g/mol. The lowest BCUT2D eigenvalue weighted by Gasteiger charge is -2.06. The van der Waals surface area contributed by atoms with E-state index in [1.165, 1.54) is 5.56 Å². The molecule has 1 aromatic carbocycles. The summed E-state index contributed by atoms with van der Waals surface area (Å²) >= 11 is 0. The molecule has 0 aliphatic carbocycles. The Morgan fingerprint density at radius 2 is 2.05 bits per heavy atom.